The van der Waals surface area contributed by atoms with Crippen molar-refractivity contribution >= 4 is 41.8 Å². The standard InChI is InChI=1S/C22H21BFNOS/c1-14-10-16(24)13-17(11-14)27-9-3-8-25-19-7-6-15(23)12-18(19)22-20(25)4-2-5-21(22)26/h6-7,10-13H,2-5,8-9H2,1H3. The van der Waals surface area contributed by atoms with Crippen molar-refractivity contribution in [2.75, 3.05) is 5.75 Å². The Morgan fingerprint density at radius 2 is 2.04 bits per heavy atom. The average molecular weight is 377 g/mol. The van der Waals surface area contributed by atoms with E-state index in [1.165, 1.54) is 0 Å². The minimum absolute atomic E-state index is 0.181. The molecule has 5 heteroatoms. The van der Waals surface area contributed by atoms with Crippen LogP contribution in [0.25, 0.3) is 10.9 Å². The highest BCUT2D eigenvalue weighted by Crippen LogP contribution is 2.32. The van der Waals surface area contributed by atoms with E-state index in [0.29, 0.717) is 11.9 Å². The van der Waals surface area contributed by atoms with Crippen molar-refractivity contribution in [3.05, 3.63) is 59.0 Å². The molecular formula is C22H21BFNOS. The smallest absolute Gasteiger partial charge is 0.165 e. The van der Waals surface area contributed by atoms with E-state index in [9.17, 15) is 9.18 Å². The first kappa shape index (κ1) is 18.4. The van der Waals surface area contributed by atoms with Crippen LogP contribution >= 0.6 is 11.8 Å². The number of carbonyl (C=O) groups is 1. The molecule has 0 unspecified atom stereocenters. The molecule has 136 valence electrons. The zero-order valence-electron chi connectivity index (χ0n) is 15.4. The molecule has 27 heavy (non-hydrogen) atoms. The van der Waals surface area contributed by atoms with E-state index in [-0.39, 0.29) is 11.6 Å². The first-order valence-electron chi connectivity index (χ1n) is 9.37. The molecule has 2 nitrogen and oxygen atoms in total. The molecule has 0 fully saturated rings. The highest BCUT2D eigenvalue weighted by Gasteiger charge is 2.25. The maximum atomic E-state index is 13.5. The number of hydrogen-bond donors (Lipinski definition) is 0. The van der Waals surface area contributed by atoms with Crippen molar-refractivity contribution in [2.45, 2.75) is 44.0 Å². The van der Waals surface area contributed by atoms with Crippen molar-refractivity contribution in [2.24, 2.45) is 0 Å². The Labute approximate surface area is 164 Å². The minimum atomic E-state index is -0.181. The molecule has 0 bridgehead atoms. The molecule has 0 amide bonds. The van der Waals surface area contributed by atoms with E-state index in [4.69, 9.17) is 7.85 Å². The zero-order chi connectivity index (χ0) is 19.0. The fourth-order valence-corrected chi connectivity index (χ4v) is 4.97. The summed E-state index contributed by atoms with van der Waals surface area (Å²) in [6.07, 6.45) is 3.42. The van der Waals surface area contributed by atoms with E-state index >= 15 is 0 Å². The quantitative estimate of drug-likeness (QED) is 0.369. The normalized spacial score (nSPS) is 13.9. The summed E-state index contributed by atoms with van der Waals surface area (Å²) in [5.41, 5.74) is 4.75. The van der Waals surface area contributed by atoms with Crippen LogP contribution in [-0.4, -0.2) is 23.9 Å². The molecule has 0 saturated carbocycles. The van der Waals surface area contributed by atoms with Gasteiger partial charge >= 0.3 is 0 Å². The van der Waals surface area contributed by atoms with Crippen molar-refractivity contribution < 1.29 is 9.18 Å². The molecular weight excluding hydrogens is 356 g/mol. The van der Waals surface area contributed by atoms with Crippen LogP contribution in [0.5, 0.6) is 0 Å². The van der Waals surface area contributed by atoms with E-state index in [1.807, 2.05) is 31.2 Å². The topological polar surface area (TPSA) is 22.0 Å². The lowest BCUT2D eigenvalue weighted by molar-refractivity contribution is 0.0973. The van der Waals surface area contributed by atoms with Crippen LogP contribution in [0.1, 0.15) is 40.9 Å². The highest BCUT2D eigenvalue weighted by molar-refractivity contribution is 7.99. The van der Waals surface area contributed by atoms with Gasteiger partial charge in [-0.15, -0.1) is 11.8 Å². The summed E-state index contributed by atoms with van der Waals surface area (Å²) in [5, 5.41) is 0.989. The molecule has 1 heterocycles. The Balaban J connectivity index is 1.54. The monoisotopic (exact) mass is 377 g/mol. The summed E-state index contributed by atoms with van der Waals surface area (Å²) >= 11 is 1.68. The van der Waals surface area contributed by atoms with Crippen LogP contribution < -0.4 is 5.46 Å². The number of benzene rings is 2. The molecule has 1 aromatic heterocycles. The minimum Gasteiger partial charge on any atom is -0.344 e. The Morgan fingerprint density at radius 3 is 2.85 bits per heavy atom. The van der Waals surface area contributed by atoms with Gasteiger partial charge in [-0.1, -0.05) is 17.6 Å². The third-order valence-electron chi connectivity index (χ3n) is 5.10. The summed E-state index contributed by atoms with van der Waals surface area (Å²) in [5.74, 6) is 0.953. The van der Waals surface area contributed by atoms with E-state index in [0.717, 1.165) is 64.2 Å². The van der Waals surface area contributed by atoms with Gasteiger partial charge in [-0.2, -0.15) is 0 Å². The number of thioether (sulfide) groups is 1. The fraction of sp³-hybridized carbons (Fsp3) is 0.318. The first-order chi connectivity index (χ1) is 13.0. The molecule has 0 N–H and O–H groups in total. The second-order valence-electron chi connectivity index (χ2n) is 7.19. The predicted octanol–water partition coefficient (Wildman–Crippen LogP) is 4.58. The second-order valence-corrected chi connectivity index (χ2v) is 8.36. The summed E-state index contributed by atoms with van der Waals surface area (Å²) < 4.78 is 15.8. The molecule has 0 atom stereocenters. The Hall–Kier alpha value is -2.01. The maximum absolute atomic E-state index is 13.5. The van der Waals surface area contributed by atoms with Crippen LogP contribution in [0.4, 0.5) is 4.39 Å². The van der Waals surface area contributed by atoms with Gasteiger partial charge < -0.3 is 4.57 Å². The van der Waals surface area contributed by atoms with Gasteiger partial charge in [0, 0.05) is 40.0 Å². The van der Waals surface area contributed by atoms with Gasteiger partial charge in [0.2, 0.25) is 0 Å². The molecule has 2 aromatic carbocycles. The number of halogens is 1. The van der Waals surface area contributed by atoms with Crippen molar-refractivity contribution in [1.29, 1.82) is 0 Å². The van der Waals surface area contributed by atoms with Gasteiger partial charge in [0.15, 0.2) is 5.78 Å². The number of hydrogen-bond acceptors (Lipinski definition) is 2. The van der Waals surface area contributed by atoms with Crippen LogP contribution in [-0.2, 0) is 13.0 Å². The average Bonchev–Trinajstić information content (AvgIpc) is 2.92. The summed E-state index contributed by atoms with van der Waals surface area (Å²) in [7, 11) is 5.97. The van der Waals surface area contributed by atoms with Gasteiger partial charge in [-0.05, 0) is 61.8 Å². The van der Waals surface area contributed by atoms with Gasteiger partial charge in [-0.25, -0.2) is 4.39 Å². The molecule has 0 spiro atoms. The number of carbonyl (C=O) groups excluding carboxylic acids is 1. The molecule has 0 aliphatic heterocycles. The predicted molar refractivity (Wildman–Crippen MR) is 111 cm³/mol. The van der Waals surface area contributed by atoms with Crippen LogP contribution in [0.2, 0.25) is 0 Å². The van der Waals surface area contributed by atoms with Gasteiger partial charge in [0.1, 0.15) is 13.7 Å². The number of fused-ring (bicyclic) bond motifs is 3. The van der Waals surface area contributed by atoms with E-state index < -0.39 is 0 Å². The summed E-state index contributed by atoms with van der Waals surface area (Å²) in [4.78, 5) is 13.5. The lowest BCUT2D eigenvalue weighted by atomic mass is 9.90. The Morgan fingerprint density at radius 1 is 1.19 bits per heavy atom. The number of nitrogens with zero attached hydrogens (tertiary/aromatic N) is 1. The van der Waals surface area contributed by atoms with E-state index in [2.05, 4.69) is 4.57 Å². The SMILES string of the molecule is [B]c1ccc2c(c1)c1c(n2CCCSc2cc(C)cc(F)c2)CCCC1=O. The van der Waals surface area contributed by atoms with Crippen molar-refractivity contribution in [1.82, 2.24) is 4.57 Å². The Kier molecular flexibility index (Phi) is 5.13. The molecule has 1 aliphatic carbocycles. The molecule has 2 radical (unpaired) electrons. The van der Waals surface area contributed by atoms with Crippen molar-refractivity contribution in [3.63, 3.8) is 0 Å². The third kappa shape index (κ3) is 3.70. The number of ketones is 1. The van der Waals surface area contributed by atoms with Gasteiger partial charge in [0.25, 0.3) is 0 Å². The number of Topliss-reactive ketones (excluding diaryl/α,β-unsaturated/α-hetero) is 1. The summed E-state index contributed by atoms with van der Waals surface area (Å²) in [6.45, 7) is 2.76. The highest BCUT2D eigenvalue weighted by atomic mass is 32.2. The Bertz CT molecular complexity index is 1010. The zero-order valence-corrected chi connectivity index (χ0v) is 16.2. The van der Waals surface area contributed by atoms with Gasteiger partial charge in [-0.3, -0.25) is 4.79 Å². The van der Waals surface area contributed by atoms with Gasteiger partial charge in [0.05, 0.1) is 0 Å². The lowest BCUT2D eigenvalue weighted by Crippen LogP contribution is -2.13. The maximum Gasteiger partial charge on any atom is 0.165 e. The van der Waals surface area contributed by atoms with Crippen LogP contribution in [0, 0.1) is 12.7 Å². The molecule has 4 rings (SSSR count). The lowest BCUT2D eigenvalue weighted by Gasteiger charge is -2.15. The summed E-state index contributed by atoms with van der Waals surface area (Å²) in [6, 6.07) is 11.0. The van der Waals surface area contributed by atoms with Crippen LogP contribution in [0.15, 0.2) is 41.3 Å². The van der Waals surface area contributed by atoms with Crippen LogP contribution in [0.3, 0.4) is 0 Å². The fourth-order valence-electron chi connectivity index (χ4n) is 3.99. The molecule has 3 aromatic rings. The molecule has 1 aliphatic rings. The van der Waals surface area contributed by atoms with Crippen molar-refractivity contribution in [3.8, 4) is 0 Å². The largest absolute Gasteiger partial charge is 0.344 e. The number of aryl methyl sites for hydroxylation is 2. The van der Waals surface area contributed by atoms with E-state index in [1.54, 1.807) is 23.9 Å². The third-order valence-corrected chi connectivity index (χ3v) is 6.16. The number of rotatable bonds is 5. The molecule has 0 saturated heterocycles. The second kappa shape index (κ2) is 7.55. The number of aromatic nitrogens is 1. The first-order valence-corrected chi connectivity index (χ1v) is 10.4.